The molecule has 8 heteroatoms. The second-order valence-electron chi connectivity index (χ2n) is 4.86. The molecular weight excluding hydrogens is 330 g/mol. The van der Waals surface area contributed by atoms with Crippen molar-refractivity contribution in [2.45, 2.75) is 29.9 Å². The lowest BCUT2D eigenvalue weighted by molar-refractivity contribution is 0.386. The Morgan fingerprint density at radius 2 is 2.09 bits per heavy atom. The summed E-state index contributed by atoms with van der Waals surface area (Å²) in [5, 5.41) is 16.3. The van der Waals surface area contributed by atoms with Crippen LogP contribution in [0.25, 0.3) is 0 Å². The minimum absolute atomic E-state index is 0.601. The minimum Gasteiger partial charge on any atom is -0.360 e. The van der Waals surface area contributed by atoms with E-state index in [0.717, 1.165) is 22.4 Å². The first-order valence-electron chi connectivity index (χ1n) is 7.39. The summed E-state index contributed by atoms with van der Waals surface area (Å²) in [7, 11) is 0. The van der Waals surface area contributed by atoms with Crippen molar-refractivity contribution >= 4 is 28.2 Å². The maximum atomic E-state index is 5.29. The summed E-state index contributed by atoms with van der Waals surface area (Å²) >= 11 is 3.10. The van der Waals surface area contributed by atoms with Gasteiger partial charge in [0, 0.05) is 13.0 Å². The molecule has 0 atom stereocenters. The molecule has 0 aliphatic heterocycles. The highest BCUT2D eigenvalue weighted by molar-refractivity contribution is 8.00. The Bertz CT molecular complexity index is 728. The summed E-state index contributed by atoms with van der Waals surface area (Å²) in [6, 6.07) is 10.1. The zero-order valence-electron chi connectivity index (χ0n) is 12.7. The standard InChI is InChI=1S/C15H17N5OS2/c1-2-8-16-14-18-19-15(23-14)22-10-13-17-12(20-21-13)9-11-6-4-3-5-7-11/h3-7H,2,8-10H2,1H3,(H,16,18). The molecule has 0 fully saturated rings. The molecule has 0 bridgehead atoms. The predicted octanol–water partition coefficient (Wildman–Crippen LogP) is 3.63. The molecular formula is C15H17N5OS2. The van der Waals surface area contributed by atoms with E-state index in [9.17, 15) is 0 Å². The van der Waals surface area contributed by atoms with E-state index in [1.54, 1.807) is 23.1 Å². The van der Waals surface area contributed by atoms with Crippen molar-refractivity contribution in [1.29, 1.82) is 0 Å². The number of thioether (sulfide) groups is 1. The fraction of sp³-hybridized carbons (Fsp3) is 0.333. The van der Waals surface area contributed by atoms with Gasteiger partial charge in [0.2, 0.25) is 11.0 Å². The molecule has 6 nitrogen and oxygen atoms in total. The third kappa shape index (κ3) is 4.77. The van der Waals surface area contributed by atoms with Crippen LogP contribution in [-0.2, 0) is 12.2 Å². The lowest BCUT2D eigenvalue weighted by Crippen LogP contribution is -1.98. The van der Waals surface area contributed by atoms with Gasteiger partial charge in [-0.25, -0.2) is 0 Å². The molecule has 2 aromatic heterocycles. The average Bonchev–Trinajstić information content (AvgIpc) is 3.21. The Labute approximate surface area is 142 Å². The van der Waals surface area contributed by atoms with Crippen molar-refractivity contribution in [1.82, 2.24) is 20.3 Å². The van der Waals surface area contributed by atoms with Gasteiger partial charge in [-0.1, -0.05) is 65.5 Å². The average molecular weight is 347 g/mol. The van der Waals surface area contributed by atoms with Crippen molar-refractivity contribution in [2.24, 2.45) is 0 Å². The topological polar surface area (TPSA) is 76.7 Å². The molecule has 0 radical (unpaired) electrons. The smallest absolute Gasteiger partial charge is 0.237 e. The highest BCUT2D eigenvalue weighted by Crippen LogP contribution is 2.27. The monoisotopic (exact) mass is 347 g/mol. The van der Waals surface area contributed by atoms with E-state index < -0.39 is 0 Å². The molecule has 0 aliphatic rings. The molecule has 1 aromatic carbocycles. The van der Waals surface area contributed by atoms with Gasteiger partial charge in [-0.2, -0.15) is 4.98 Å². The molecule has 3 rings (SSSR count). The Kier molecular flexibility index (Phi) is 5.60. The van der Waals surface area contributed by atoms with E-state index in [1.807, 2.05) is 18.2 Å². The number of anilines is 1. The van der Waals surface area contributed by atoms with Crippen molar-refractivity contribution in [3.8, 4) is 0 Å². The number of nitrogens with zero attached hydrogens (tertiary/aromatic N) is 4. The first-order chi connectivity index (χ1) is 11.3. The van der Waals surface area contributed by atoms with E-state index in [4.69, 9.17) is 4.52 Å². The van der Waals surface area contributed by atoms with E-state index >= 15 is 0 Å². The SMILES string of the molecule is CCCNc1nnc(SCc2nc(Cc3ccccc3)no2)s1. The van der Waals surface area contributed by atoms with E-state index in [2.05, 4.69) is 44.7 Å². The quantitative estimate of drug-likeness (QED) is 0.624. The van der Waals surface area contributed by atoms with E-state index in [0.29, 0.717) is 23.9 Å². The molecule has 0 amide bonds. The number of hydrogen-bond donors (Lipinski definition) is 1. The first kappa shape index (κ1) is 15.9. The lowest BCUT2D eigenvalue weighted by Gasteiger charge is -1.95. The van der Waals surface area contributed by atoms with Crippen LogP contribution in [0.1, 0.15) is 30.6 Å². The number of benzene rings is 1. The second kappa shape index (κ2) is 8.07. The van der Waals surface area contributed by atoms with Crippen molar-refractivity contribution in [3.63, 3.8) is 0 Å². The van der Waals surface area contributed by atoms with Gasteiger partial charge < -0.3 is 9.84 Å². The van der Waals surface area contributed by atoms with Crippen LogP contribution < -0.4 is 5.32 Å². The largest absolute Gasteiger partial charge is 0.360 e. The molecule has 1 N–H and O–H groups in total. The molecule has 2 heterocycles. The minimum atomic E-state index is 0.601. The van der Waals surface area contributed by atoms with Crippen molar-refractivity contribution in [2.75, 3.05) is 11.9 Å². The van der Waals surface area contributed by atoms with Gasteiger partial charge in [0.25, 0.3) is 0 Å². The first-order valence-corrected chi connectivity index (χ1v) is 9.19. The molecule has 0 saturated carbocycles. The number of hydrogen-bond acceptors (Lipinski definition) is 8. The van der Waals surface area contributed by atoms with Crippen molar-refractivity contribution < 1.29 is 4.52 Å². The summed E-state index contributed by atoms with van der Waals surface area (Å²) in [5.41, 5.74) is 1.17. The van der Waals surface area contributed by atoms with Crippen LogP contribution in [0.3, 0.4) is 0 Å². The van der Waals surface area contributed by atoms with E-state index in [-0.39, 0.29) is 0 Å². The molecule has 0 spiro atoms. The third-order valence-corrected chi connectivity index (χ3v) is 4.97. The van der Waals surface area contributed by atoms with Crippen LogP contribution in [0.4, 0.5) is 5.13 Å². The van der Waals surface area contributed by atoms with Crippen LogP contribution in [0.15, 0.2) is 39.2 Å². The number of aromatic nitrogens is 4. The van der Waals surface area contributed by atoms with Gasteiger partial charge in [-0.05, 0) is 12.0 Å². The fourth-order valence-corrected chi connectivity index (χ4v) is 3.51. The third-order valence-electron chi connectivity index (χ3n) is 2.97. The predicted molar refractivity (Wildman–Crippen MR) is 91.8 cm³/mol. The number of rotatable bonds is 8. The zero-order valence-corrected chi connectivity index (χ0v) is 14.4. The van der Waals surface area contributed by atoms with Gasteiger partial charge in [0.15, 0.2) is 10.2 Å². The molecule has 23 heavy (non-hydrogen) atoms. The van der Waals surface area contributed by atoms with Crippen LogP contribution >= 0.6 is 23.1 Å². The van der Waals surface area contributed by atoms with Gasteiger partial charge in [-0.3, -0.25) is 0 Å². The van der Waals surface area contributed by atoms with Crippen LogP contribution in [0.2, 0.25) is 0 Å². The second-order valence-corrected chi connectivity index (χ2v) is 7.06. The molecule has 0 unspecified atom stereocenters. The maximum absolute atomic E-state index is 5.29. The Balaban J connectivity index is 1.52. The van der Waals surface area contributed by atoms with Crippen molar-refractivity contribution in [3.05, 3.63) is 47.6 Å². The number of nitrogens with one attached hydrogen (secondary N) is 1. The summed E-state index contributed by atoms with van der Waals surface area (Å²) in [6.07, 6.45) is 1.74. The molecule has 0 aliphatic carbocycles. The Morgan fingerprint density at radius 1 is 1.22 bits per heavy atom. The summed E-state index contributed by atoms with van der Waals surface area (Å²) in [6.45, 7) is 3.03. The van der Waals surface area contributed by atoms with Gasteiger partial charge in [0.05, 0.1) is 5.75 Å². The maximum Gasteiger partial charge on any atom is 0.237 e. The van der Waals surface area contributed by atoms with Crippen LogP contribution in [-0.4, -0.2) is 26.9 Å². The summed E-state index contributed by atoms with van der Waals surface area (Å²) < 4.78 is 6.18. The normalized spacial score (nSPS) is 10.8. The molecule has 120 valence electrons. The highest BCUT2D eigenvalue weighted by atomic mass is 32.2. The van der Waals surface area contributed by atoms with E-state index in [1.165, 1.54) is 5.56 Å². The van der Waals surface area contributed by atoms with Gasteiger partial charge in [0.1, 0.15) is 0 Å². The molecule has 3 aromatic rings. The summed E-state index contributed by atoms with van der Waals surface area (Å²) in [4.78, 5) is 4.42. The summed E-state index contributed by atoms with van der Waals surface area (Å²) in [5.74, 6) is 1.91. The highest BCUT2D eigenvalue weighted by Gasteiger charge is 2.10. The molecule has 0 saturated heterocycles. The Hall–Kier alpha value is -1.93. The fourth-order valence-electron chi connectivity index (χ4n) is 1.89. The lowest BCUT2D eigenvalue weighted by atomic mass is 10.1. The van der Waals surface area contributed by atoms with Gasteiger partial charge in [-0.15, -0.1) is 10.2 Å². The van der Waals surface area contributed by atoms with Crippen LogP contribution in [0, 0.1) is 0 Å². The van der Waals surface area contributed by atoms with Gasteiger partial charge >= 0.3 is 0 Å². The Morgan fingerprint density at radius 3 is 2.91 bits per heavy atom. The van der Waals surface area contributed by atoms with Crippen LogP contribution in [0.5, 0.6) is 0 Å². The zero-order chi connectivity index (χ0) is 15.9.